The molecule has 0 atom stereocenters. The smallest absolute Gasteiger partial charge is 0.211 e. The van der Waals surface area contributed by atoms with Gasteiger partial charge in [-0.25, -0.2) is 0 Å². The number of ether oxygens (including phenoxy) is 1. The zero-order chi connectivity index (χ0) is 11.8. The third-order valence-corrected chi connectivity index (χ3v) is 1.76. The first-order valence-electron chi connectivity index (χ1n) is 4.63. The Labute approximate surface area is 98.7 Å². The highest BCUT2D eigenvalue weighted by Crippen LogP contribution is 2.10. The number of nitrogens with zero attached hydrogens (tertiary/aromatic N) is 2. The second kappa shape index (κ2) is 6.68. The number of hydrogen-bond acceptors (Lipinski definition) is 3. The maximum absolute atomic E-state index is 5.50. The average molecular weight is 241 g/mol. The number of hydrogen-bond donors (Lipinski definition) is 2. The fraction of sp³-hybridized carbons (Fsp3) is 0.200. The Hall–Kier alpha value is -1.75. The summed E-state index contributed by atoms with van der Waals surface area (Å²) in [5.41, 5.74) is 11.1. The Balaban J connectivity index is 2.57. The molecule has 0 heterocycles. The van der Waals surface area contributed by atoms with Gasteiger partial charge in [0, 0.05) is 0 Å². The van der Waals surface area contributed by atoms with Crippen LogP contribution in [0.4, 0.5) is 0 Å². The molecule has 6 heteroatoms. The van der Waals surface area contributed by atoms with Crippen molar-refractivity contribution in [2.75, 3.05) is 12.5 Å². The molecule has 0 saturated heterocycles. The number of rotatable bonds is 5. The minimum Gasteiger partial charge on any atom is -0.492 e. The van der Waals surface area contributed by atoms with Crippen LogP contribution in [0, 0.1) is 0 Å². The largest absolute Gasteiger partial charge is 0.492 e. The lowest BCUT2D eigenvalue weighted by Crippen LogP contribution is -2.21. The molecule has 5 nitrogen and oxygen atoms in total. The summed E-state index contributed by atoms with van der Waals surface area (Å²) in [6, 6.07) is 7.33. The SMILES string of the molecule is NC(N)=NN=Cc1ccc(OCCCl)cc1. The van der Waals surface area contributed by atoms with Crippen molar-refractivity contribution < 1.29 is 4.74 Å². The van der Waals surface area contributed by atoms with Crippen LogP contribution in [-0.2, 0) is 0 Å². The summed E-state index contributed by atoms with van der Waals surface area (Å²) in [7, 11) is 0. The quantitative estimate of drug-likeness (QED) is 0.347. The lowest BCUT2D eigenvalue weighted by atomic mass is 10.2. The molecule has 1 aromatic rings. The molecule has 0 aliphatic heterocycles. The van der Waals surface area contributed by atoms with Gasteiger partial charge in [-0.15, -0.1) is 16.7 Å². The zero-order valence-electron chi connectivity index (χ0n) is 8.64. The Kier molecular flexibility index (Phi) is 5.15. The molecule has 0 aliphatic rings. The molecule has 0 spiro atoms. The van der Waals surface area contributed by atoms with Crippen molar-refractivity contribution in [3.63, 3.8) is 0 Å². The van der Waals surface area contributed by atoms with Gasteiger partial charge in [0.15, 0.2) is 0 Å². The summed E-state index contributed by atoms with van der Waals surface area (Å²) in [6.45, 7) is 0.489. The van der Waals surface area contributed by atoms with Gasteiger partial charge in [-0.05, 0) is 29.8 Å². The van der Waals surface area contributed by atoms with E-state index in [4.69, 9.17) is 27.8 Å². The van der Waals surface area contributed by atoms with E-state index in [9.17, 15) is 0 Å². The van der Waals surface area contributed by atoms with E-state index in [1.165, 1.54) is 0 Å². The Morgan fingerprint density at radius 2 is 2.00 bits per heavy atom. The maximum atomic E-state index is 5.50. The summed E-state index contributed by atoms with van der Waals surface area (Å²) < 4.78 is 5.31. The van der Waals surface area contributed by atoms with Gasteiger partial charge in [-0.3, -0.25) is 0 Å². The van der Waals surface area contributed by atoms with E-state index in [0.29, 0.717) is 12.5 Å². The van der Waals surface area contributed by atoms with E-state index in [-0.39, 0.29) is 5.96 Å². The van der Waals surface area contributed by atoms with E-state index in [1.54, 1.807) is 6.21 Å². The highest BCUT2D eigenvalue weighted by Gasteiger charge is 1.92. The number of benzene rings is 1. The van der Waals surface area contributed by atoms with Crippen molar-refractivity contribution in [2.24, 2.45) is 21.7 Å². The molecular weight excluding hydrogens is 228 g/mol. The van der Waals surface area contributed by atoms with Crippen LogP contribution in [-0.4, -0.2) is 24.7 Å². The molecule has 1 aromatic carbocycles. The molecule has 0 fully saturated rings. The summed E-state index contributed by atoms with van der Waals surface area (Å²) in [5, 5.41) is 7.17. The molecular formula is C10H13ClN4O. The van der Waals surface area contributed by atoms with Crippen LogP contribution in [0.25, 0.3) is 0 Å². The lowest BCUT2D eigenvalue weighted by molar-refractivity contribution is 0.343. The topological polar surface area (TPSA) is 86.0 Å². The van der Waals surface area contributed by atoms with Crippen molar-refractivity contribution in [3.8, 4) is 5.75 Å². The fourth-order valence-electron chi connectivity index (χ4n) is 0.969. The third-order valence-electron chi connectivity index (χ3n) is 1.61. The molecule has 0 aromatic heterocycles. The number of guanidine groups is 1. The van der Waals surface area contributed by atoms with Crippen LogP contribution >= 0.6 is 11.6 Å². The minimum absolute atomic E-state index is 0.0710. The van der Waals surface area contributed by atoms with Crippen LogP contribution in [0.2, 0.25) is 0 Å². The molecule has 0 radical (unpaired) electrons. The summed E-state index contributed by atoms with van der Waals surface area (Å²) in [4.78, 5) is 0. The van der Waals surface area contributed by atoms with Crippen LogP contribution in [0.1, 0.15) is 5.56 Å². The van der Waals surface area contributed by atoms with Crippen LogP contribution in [0.5, 0.6) is 5.75 Å². The van der Waals surface area contributed by atoms with Crippen molar-refractivity contribution in [1.29, 1.82) is 0 Å². The van der Waals surface area contributed by atoms with Gasteiger partial charge in [-0.2, -0.15) is 5.10 Å². The summed E-state index contributed by atoms with van der Waals surface area (Å²) >= 11 is 5.50. The van der Waals surface area contributed by atoms with Gasteiger partial charge in [0.1, 0.15) is 12.4 Å². The van der Waals surface area contributed by atoms with Crippen molar-refractivity contribution >= 4 is 23.8 Å². The zero-order valence-corrected chi connectivity index (χ0v) is 9.39. The normalized spacial score (nSPS) is 10.3. The van der Waals surface area contributed by atoms with Crippen molar-refractivity contribution in [2.45, 2.75) is 0 Å². The van der Waals surface area contributed by atoms with E-state index in [0.717, 1.165) is 11.3 Å². The molecule has 0 bridgehead atoms. The monoisotopic (exact) mass is 240 g/mol. The minimum atomic E-state index is -0.0710. The van der Waals surface area contributed by atoms with Crippen LogP contribution < -0.4 is 16.2 Å². The summed E-state index contributed by atoms with van der Waals surface area (Å²) in [6.07, 6.45) is 1.55. The molecule has 4 N–H and O–H groups in total. The number of halogens is 1. The predicted octanol–water partition coefficient (Wildman–Crippen LogP) is 0.911. The first kappa shape index (κ1) is 12.3. The highest BCUT2D eigenvalue weighted by atomic mass is 35.5. The van der Waals surface area contributed by atoms with E-state index >= 15 is 0 Å². The van der Waals surface area contributed by atoms with Gasteiger partial charge in [0.05, 0.1) is 12.1 Å². The number of alkyl halides is 1. The van der Waals surface area contributed by atoms with E-state index in [2.05, 4.69) is 10.2 Å². The predicted molar refractivity (Wildman–Crippen MR) is 66.1 cm³/mol. The second-order valence-electron chi connectivity index (χ2n) is 2.88. The number of nitrogens with two attached hydrogens (primary N) is 2. The molecule has 86 valence electrons. The second-order valence-corrected chi connectivity index (χ2v) is 3.25. The first-order chi connectivity index (χ1) is 7.72. The van der Waals surface area contributed by atoms with Gasteiger partial charge in [0.25, 0.3) is 0 Å². The Bertz CT molecular complexity index is 371. The molecule has 0 aliphatic carbocycles. The van der Waals surface area contributed by atoms with Crippen molar-refractivity contribution in [1.82, 2.24) is 0 Å². The highest BCUT2D eigenvalue weighted by molar-refractivity contribution is 6.18. The van der Waals surface area contributed by atoms with Gasteiger partial charge >= 0.3 is 0 Å². The fourth-order valence-corrected chi connectivity index (χ4v) is 1.05. The van der Waals surface area contributed by atoms with Gasteiger partial charge in [0.2, 0.25) is 5.96 Å². The van der Waals surface area contributed by atoms with E-state index in [1.807, 2.05) is 24.3 Å². The van der Waals surface area contributed by atoms with Gasteiger partial charge < -0.3 is 16.2 Å². The maximum Gasteiger partial charge on any atom is 0.211 e. The molecule has 0 amide bonds. The van der Waals surface area contributed by atoms with Crippen LogP contribution in [0.15, 0.2) is 34.5 Å². The lowest BCUT2D eigenvalue weighted by Gasteiger charge is -2.02. The van der Waals surface area contributed by atoms with Crippen molar-refractivity contribution in [3.05, 3.63) is 29.8 Å². The molecule has 0 unspecified atom stereocenters. The molecule has 1 rings (SSSR count). The Morgan fingerprint density at radius 1 is 1.31 bits per heavy atom. The van der Waals surface area contributed by atoms with Gasteiger partial charge in [-0.1, -0.05) is 0 Å². The van der Waals surface area contributed by atoms with Crippen LogP contribution in [0.3, 0.4) is 0 Å². The van der Waals surface area contributed by atoms with E-state index < -0.39 is 0 Å². The summed E-state index contributed by atoms with van der Waals surface area (Å²) in [5.74, 6) is 1.16. The molecule has 0 saturated carbocycles. The molecule has 16 heavy (non-hydrogen) atoms. The Morgan fingerprint density at radius 3 is 2.56 bits per heavy atom. The average Bonchev–Trinajstić information content (AvgIpc) is 2.27. The standard InChI is InChI=1S/C10H13ClN4O/c11-5-6-16-9-3-1-8(2-4-9)7-14-15-10(12)13/h1-4,7H,5-6H2,(H4,12,13,15). The first-order valence-corrected chi connectivity index (χ1v) is 5.16. The third kappa shape index (κ3) is 4.65.